The van der Waals surface area contributed by atoms with E-state index in [1.807, 2.05) is 25.1 Å². The van der Waals surface area contributed by atoms with E-state index in [4.69, 9.17) is 0 Å². The van der Waals surface area contributed by atoms with Crippen molar-refractivity contribution in [2.45, 2.75) is 19.1 Å². The molecule has 1 aromatic heterocycles. The lowest BCUT2D eigenvalue weighted by Gasteiger charge is -2.43. The standard InChI is InChI=1S/C14H16N2OS/c1-14(17)9-16(10-14)7-12-8-18-13(15-12)11-5-3-2-4-6-11/h2-6,8,17H,7,9-10H2,1H3. The van der Waals surface area contributed by atoms with E-state index in [1.54, 1.807) is 11.3 Å². The molecule has 4 heteroatoms. The smallest absolute Gasteiger partial charge is 0.123 e. The summed E-state index contributed by atoms with van der Waals surface area (Å²) in [6.45, 7) is 4.19. The summed E-state index contributed by atoms with van der Waals surface area (Å²) in [5.74, 6) is 0. The predicted molar refractivity (Wildman–Crippen MR) is 73.5 cm³/mol. The SMILES string of the molecule is CC1(O)CN(Cc2csc(-c3ccccc3)n2)C1. The Hall–Kier alpha value is -1.23. The molecule has 18 heavy (non-hydrogen) atoms. The van der Waals surface area contributed by atoms with Crippen LogP contribution in [-0.4, -0.2) is 33.7 Å². The molecule has 2 aromatic rings. The van der Waals surface area contributed by atoms with E-state index in [-0.39, 0.29) is 0 Å². The highest BCUT2D eigenvalue weighted by Gasteiger charge is 2.36. The molecule has 94 valence electrons. The zero-order valence-corrected chi connectivity index (χ0v) is 11.2. The van der Waals surface area contributed by atoms with Crippen LogP contribution in [0.15, 0.2) is 35.7 Å². The van der Waals surface area contributed by atoms with Crippen molar-refractivity contribution in [2.75, 3.05) is 13.1 Å². The van der Waals surface area contributed by atoms with Crippen LogP contribution in [-0.2, 0) is 6.54 Å². The second-order valence-electron chi connectivity index (χ2n) is 5.15. The van der Waals surface area contributed by atoms with Gasteiger partial charge in [0.2, 0.25) is 0 Å². The molecule has 0 saturated carbocycles. The molecule has 1 saturated heterocycles. The van der Waals surface area contributed by atoms with Gasteiger partial charge in [-0.05, 0) is 6.92 Å². The monoisotopic (exact) mass is 260 g/mol. The number of hydrogen-bond donors (Lipinski definition) is 1. The Labute approximate surface area is 111 Å². The zero-order valence-electron chi connectivity index (χ0n) is 10.3. The number of aromatic nitrogens is 1. The number of rotatable bonds is 3. The lowest BCUT2D eigenvalue weighted by Crippen LogP contribution is -2.59. The first-order valence-electron chi connectivity index (χ1n) is 6.07. The first-order valence-corrected chi connectivity index (χ1v) is 6.95. The van der Waals surface area contributed by atoms with Crippen LogP contribution in [0.4, 0.5) is 0 Å². The summed E-state index contributed by atoms with van der Waals surface area (Å²) < 4.78 is 0. The van der Waals surface area contributed by atoms with Gasteiger partial charge in [-0.3, -0.25) is 4.90 Å². The molecule has 0 amide bonds. The van der Waals surface area contributed by atoms with Gasteiger partial charge in [0.05, 0.1) is 11.3 Å². The molecule has 0 radical (unpaired) electrons. The van der Waals surface area contributed by atoms with Crippen LogP contribution in [0.1, 0.15) is 12.6 Å². The van der Waals surface area contributed by atoms with Crippen molar-refractivity contribution < 1.29 is 5.11 Å². The first-order chi connectivity index (χ1) is 8.62. The molecule has 1 N–H and O–H groups in total. The molecule has 3 nitrogen and oxygen atoms in total. The van der Waals surface area contributed by atoms with Crippen molar-refractivity contribution in [1.82, 2.24) is 9.88 Å². The second kappa shape index (κ2) is 4.46. The van der Waals surface area contributed by atoms with Crippen molar-refractivity contribution in [2.24, 2.45) is 0 Å². The van der Waals surface area contributed by atoms with Crippen molar-refractivity contribution in [3.05, 3.63) is 41.4 Å². The van der Waals surface area contributed by atoms with E-state index in [2.05, 4.69) is 27.4 Å². The van der Waals surface area contributed by atoms with E-state index in [0.29, 0.717) is 0 Å². The highest BCUT2D eigenvalue weighted by Crippen LogP contribution is 2.26. The van der Waals surface area contributed by atoms with E-state index in [9.17, 15) is 5.11 Å². The highest BCUT2D eigenvalue weighted by atomic mass is 32.1. The van der Waals surface area contributed by atoms with Gasteiger partial charge >= 0.3 is 0 Å². The van der Waals surface area contributed by atoms with E-state index in [1.165, 1.54) is 5.56 Å². The Morgan fingerprint density at radius 2 is 2.06 bits per heavy atom. The number of aliphatic hydroxyl groups is 1. The third-order valence-corrected chi connectivity index (χ3v) is 4.03. The molecule has 1 aliphatic rings. The maximum Gasteiger partial charge on any atom is 0.123 e. The summed E-state index contributed by atoms with van der Waals surface area (Å²) in [6, 6.07) is 10.2. The maximum atomic E-state index is 9.69. The fourth-order valence-electron chi connectivity index (χ4n) is 2.35. The average molecular weight is 260 g/mol. The van der Waals surface area contributed by atoms with E-state index >= 15 is 0 Å². The largest absolute Gasteiger partial charge is 0.388 e. The fourth-order valence-corrected chi connectivity index (χ4v) is 3.17. The van der Waals surface area contributed by atoms with Gasteiger partial charge in [0.1, 0.15) is 5.01 Å². The molecule has 0 bridgehead atoms. The van der Waals surface area contributed by atoms with Crippen LogP contribution in [0.25, 0.3) is 10.6 Å². The Balaban J connectivity index is 1.68. The van der Waals surface area contributed by atoms with Gasteiger partial charge in [-0.15, -0.1) is 11.3 Å². The Morgan fingerprint density at radius 1 is 1.33 bits per heavy atom. The number of nitrogens with zero attached hydrogens (tertiary/aromatic N) is 2. The van der Waals surface area contributed by atoms with Gasteiger partial charge in [-0.2, -0.15) is 0 Å². The van der Waals surface area contributed by atoms with Gasteiger partial charge in [-0.1, -0.05) is 30.3 Å². The van der Waals surface area contributed by atoms with Crippen LogP contribution in [0.2, 0.25) is 0 Å². The minimum atomic E-state index is -0.502. The van der Waals surface area contributed by atoms with Crippen molar-refractivity contribution in [3.8, 4) is 10.6 Å². The fraction of sp³-hybridized carbons (Fsp3) is 0.357. The zero-order chi connectivity index (χ0) is 12.6. The topological polar surface area (TPSA) is 36.4 Å². The summed E-state index contributed by atoms with van der Waals surface area (Å²) >= 11 is 1.68. The molecule has 0 aliphatic carbocycles. The van der Waals surface area contributed by atoms with Gasteiger partial charge in [-0.25, -0.2) is 4.98 Å². The minimum Gasteiger partial charge on any atom is -0.388 e. The number of thiazole rings is 1. The van der Waals surface area contributed by atoms with Crippen LogP contribution >= 0.6 is 11.3 Å². The molecule has 0 unspecified atom stereocenters. The molecule has 1 aromatic carbocycles. The Kier molecular flexibility index (Phi) is 2.93. The predicted octanol–water partition coefficient (Wildman–Crippen LogP) is 2.38. The molecule has 0 atom stereocenters. The van der Waals surface area contributed by atoms with Crippen LogP contribution < -0.4 is 0 Å². The summed E-state index contributed by atoms with van der Waals surface area (Å²) in [6.07, 6.45) is 0. The van der Waals surface area contributed by atoms with Gasteiger partial charge in [0.15, 0.2) is 0 Å². The maximum absolute atomic E-state index is 9.69. The first kappa shape index (κ1) is 11.8. The Morgan fingerprint density at radius 3 is 2.72 bits per heavy atom. The molecule has 1 aliphatic heterocycles. The van der Waals surface area contributed by atoms with Gasteiger partial charge in [0.25, 0.3) is 0 Å². The molecular formula is C14H16N2OS. The lowest BCUT2D eigenvalue weighted by atomic mass is 9.97. The van der Waals surface area contributed by atoms with E-state index in [0.717, 1.165) is 30.3 Å². The number of likely N-dealkylation sites (tertiary alicyclic amines) is 1. The van der Waals surface area contributed by atoms with Crippen molar-refractivity contribution in [3.63, 3.8) is 0 Å². The van der Waals surface area contributed by atoms with Crippen LogP contribution in [0.5, 0.6) is 0 Å². The third-order valence-electron chi connectivity index (χ3n) is 3.09. The second-order valence-corrected chi connectivity index (χ2v) is 6.01. The lowest BCUT2D eigenvalue weighted by molar-refractivity contribution is -0.0874. The van der Waals surface area contributed by atoms with Crippen molar-refractivity contribution >= 4 is 11.3 Å². The number of β-amino-alcohol motifs (C(OH)–C–C–N with tert-alkyl or cyclic N) is 1. The van der Waals surface area contributed by atoms with Crippen molar-refractivity contribution in [1.29, 1.82) is 0 Å². The summed E-state index contributed by atoms with van der Waals surface area (Å²) in [5.41, 5.74) is 1.76. The molecular weight excluding hydrogens is 244 g/mol. The molecule has 2 heterocycles. The third kappa shape index (κ3) is 2.46. The summed E-state index contributed by atoms with van der Waals surface area (Å²) in [4.78, 5) is 6.86. The highest BCUT2D eigenvalue weighted by molar-refractivity contribution is 7.13. The quantitative estimate of drug-likeness (QED) is 0.920. The Bertz CT molecular complexity index is 528. The summed E-state index contributed by atoms with van der Waals surface area (Å²) in [5, 5.41) is 12.9. The van der Waals surface area contributed by atoms with Gasteiger partial charge < -0.3 is 5.11 Å². The van der Waals surface area contributed by atoms with E-state index < -0.39 is 5.60 Å². The van der Waals surface area contributed by atoms with Crippen LogP contribution in [0, 0.1) is 0 Å². The molecule has 0 spiro atoms. The molecule has 3 rings (SSSR count). The molecule has 1 fully saturated rings. The summed E-state index contributed by atoms with van der Waals surface area (Å²) in [7, 11) is 0. The van der Waals surface area contributed by atoms with Gasteiger partial charge in [0, 0.05) is 30.6 Å². The normalized spacial score (nSPS) is 18.6. The van der Waals surface area contributed by atoms with Crippen LogP contribution in [0.3, 0.4) is 0 Å². The number of benzene rings is 1. The minimum absolute atomic E-state index is 0.502. The number of hydrogen-bond acceptors (Lipinski definition) is 4. The average Bonchev–Trinajstić information content (AvgIpc) is 2.76.